The lowest BCUT2D eigenvalue weighted by molar-refractivity contribution is -0.119. The van der Waals surface area contributed by atoms with Crippen LogP contribution in [0.15, 0.2) is 60.7 Å². The van der Waals surface area contributed by atoms with E-state index in [2.05, 4.69) is 10.4 Å². The van der Waals surface area contributed by atoms with E-state index < -0.39 is 18.5 Å². The van der Waals surface area contributed by atoms with Crippen molar-refractivity contribution in [3.8, 4) is 11.4 Å². The molecule has 0 bridgehead atoms. The first-order valence-electron chi connectivity index (χ1n) is 9.28. The van der Waals surface area contributed by atoms with E-state index in [0.29, 0.717) is 17.1 Å². The van der Waals surface area contributed by atoms with Crippen LogP contribution in [0.2, 0.25) is 0 Å². The average Bonchev–Trinajstić information content (AvgIpc) is 3.07. The van der Waals surface area contributed by atoms with Gasteiger partial charge in [0.15, 0.2) is 6.61 Å². The van der Waals surface area contributed by atoms with E-state index in [-0.39, 0.29) is 6.10 Å². The van der Waals surface area contributed by atoms with Crippen molar-refractivity contribution in [2.75, 3.05) is 11.9 Å². The van der Waals surface area contributed by atoms with Gasteiger partial charge in [-0.2, -0.15) is 5.10 Å². The van der Waals surface area contributed by atoms with Crippen LogP contribution in [-0.4, -0.2) is 34.4 Å². The van der Waals surface area contributed by atoms with Gasteiger partial charge in [-0.15, -0.1) is 0 Å². The highest BCUT2D eigenvalue weighted by Gasteiger charge is 2.14. The fraction of sp³-hybridized carbons (Fsp3) is 0.227. The Kier molecular flexibility index (Phi) is 6.29. The normalized spacial score (nSPS) is 10.6. The predicted molar refractivity (Wildman–Crippen MR) is 109 cm³/mol. The molecule has 0 saturated heterocycles. The third-order valence-electron chi connectivity index (χ3n) is 3.90. The van der Waals surface area contributed by atoms with Crippen LogP contribution in [0.1, 0.15) is 29.9 Å². The van der Waals surface area contributed by atoms with Gasteiger partial charge in [0.05, 0.1) is 23.0 Å². The molecule has 150 valence electrons. The number of carbonyl (C=O) groups is 2. The van der Waals surface area contributed by atoms with E-state index in [1.807, 2.05) is 51.1 Å². The minimum Gasteiger partial charge on any atom is -0.491 e. The minimum atomic E-state index is -0.580. The average molecular weight is 393 g/mol. The molecule has 1 heterocycles. The van der Waals surface area contributed by atoms with Crippen LogP contribution in [0.3, 0.4) is 0 Å². The molecule has 0 atom stereocenters. The second-order valence-electron chi connectivity index (χ2n) is 6.73. The van der Waals surface area contributed by atoms with Crippen molar-refractivity contribution in [3.63, 3.8) is 0 Å². The van der Waals surface area contributed by atoms with Crippen molar-refractivity contribution in [1.29, 1.82) is 0 Å². The zero-order valence-electron chi connectivity index (χ0n) is 16.6. The molecule has 7 heteroatoms. The van der Waals surface area contributed by atoms with Crippen LogP contribution in [0.5, 0.6) is 5.75 Å². The van der Waals surface area contributed by atoms with Gasteiger partial charge in [-0.05, 0) is 57.2 Å². The van der Waals surface area contributed by atoms with Crippen molar-refractivity contribution in [2.24, 2.45) is 0 Å². The Hall–Kier alpha value is -3.61. The number of amides is 1. The molecule has 0 fully saturated rings. The molecule has 0 radical (unpaired) electrons. The molecule has 0 aliphatic carbocycles. The Morgan fingerprint density at radius 1 is 1.07 bits per heavy atom. The first kappa shape index (κ1) is 20.1. The van der Waals surface area contributed by atoms with Crippen molar-refractivity contribution < 1.29 is 19.1 Å². The van der Waals surface area contributed by atoms with E-state index in [4.69, 9.17) is 9.47 Å². The summed E-state index contributed by atoms with van der Waals surface area (Å²) in [6, 6.07) is 17.8. The van der Waals surface area contributed by atoms with Gasteiger partial charge in [0, 0.05) is 6.07 Å². The summed E-state index contributed by atoms with van der Waals surface area (Å²) in [5, 5.41) is 7.12. The molecule has 3 aromatic rings. The molecule has 0 aliphatic heterocycles. The maximum absolute atomic E-state index is 12.3. The molecular formula is C22H23N3O4. The van der Waals surface area contributed by atoms with Crippen LogP contribution >= 0.6 is 0 Å². The van der Waals surface area contributed by atoms with Crippen molar-refractivity contribution in [3.05, 3.63) is 71.9 Å². The number of nitrogens with zero attached hydrogens (tertiary/aromatic N) is 2. The lowest BCUT2D eigenvalue weighted by atomic mass is 10.2. The first-order valence-corrected chi connectivity index (χ1v) is 9.28. The standard InChI is InChI=1S/C22H23N3O4/c1-15(2)29-19-11-9-17(10-12-19)22(27)28-14-21(26)23-20-13-16(3)24-25(20)18-7-5-4-6-8-18/h4-13,15H,14H2,1-3H3,(H,23,26). The van der Waals surface area contributed by atoms with Gasteiger partial charge >= 0.3 is 5.97 Å². The number of ether oxygens (including phenoxy) is 2. The molecule has 0 spiro atoms. The summed E-state index contributed by atoms with van der Waals surface area (Å²) in [4.78, 5) is 24.4. The Labute approximate surface area is 169 Å². The third kappa shape index (κ3) is 5.44. The summed E-state index contributed by atoms with van der Waals surface area (Å²) < 4.78 is 12.3. The third-order valence-corrected chi connectivity index (χ3v) is 3.90. The van der Waals surface area contributed by atoms with Gasteiger partial charge in [0.25, 0.3) is 5.91 Å². The number of benzene rings is 2. The van der Waals surface area contributed by atoms with Gasteiger partial charge in [0.1, 0.15) is 11.6 Å². The fourth-order valence-corrected chi connectivity index (χ4v) is 2.69. The highest BCUT2D eigenvalue weighted by atomic mass is 16.5. The Morgan fingerprint density at radius 3 is 2.41 bits per heavy atom. The highest BCUT2D eigenvalue weighted by Crippen LogP contribution is 2.17. The van der Waals surface area contributed by atoms with Crippen molar-refractivity contribution >= 4 is 17.7 Å². The predicted octanol–water partition coefficient (Wildman–Crippen LogP) is 3.76. The van der Waals surface area contributed by atoms with Gasteiger partial charge in [-0.1, -0.05) is 18.2 Å². The van der Waals surface area contributed by atoms with Gasteiger partial charge in [-0.3, -0.25) is 4.79 Å². The monoisotopic (exact) mass is 393 g/mol. The number of aromatic nitrogens is 2. The van der Waals surface area contributed by atoms with E-state index in [1.54, 1.807) is 35.0 Å². The molecular weight excluding hydrogens is 370 g/mol. The van der Waals surface area contributed by atoms with E-state index >= 15 is 0 Å². The number of para-hydroxylation sites is 1. The van der Waals surface area contributed by atoms with Crippen molar-refractivity contribution in [1.82, 2.24) is 9.78 Å². The van der Waals surface area contributed by atoms with Crippen LogP contribution in [0.4, 0.5) is 5.82 Å². The van der Waals surface area contributed by atoms with Crippen LogP contribution in [-0.2, 0) is 9.53 Å². The molecule has 29 heavy (non-hydrogen) atoms. The molecule has 1 amide bonds. The zero-order valence-corrected chi connectivity index (χ0v) is 16.6. The number of anilines is 1. The molecule has 2 aromatic carbocycles. The smallest absolute Gasteiger partial charge is 0.338 e. The minimum absolute atomic E-state index is 0.0458. The largest absolute Gasteiger partial charge is 0.491 e. The van der Waals surface area contributed by atoms with Gasteiger partial charge in [-0.25, -0.2) is 9.48 Å². The van der Waals surface area contributed by atoms with Gasteiger partial charge < -0.3 is 14.8 Å². The van der Waals surface area contributed by atoms with E-state index in [0.717, 1.165) is 11.4 Å². The molecule has 0 saturated carbocycles. The summed E-state index contributed by atoms with van der Waals surface area (Å²) in [6.07, 6.45) is 0.0458. The zero-order chi connectivity index (χ0) is 20.8. The number of esters is 1. The molecule has 3 rings (SSSR count). The second kappa shape index (κ2) is 9.05. The Bertz CT molecular complexity index is 979. The topological polar surface area (TPSA) is 82.5 Å². The first-order chi connectivity index (χ1) is 13.9. The van der Waals surface area contributed by atoms with Crippen LogP contribution in [0.25, 0.3) is 5.69 Å². The fourth-order valence-electron chi connectivity index (χ4n) is 2.69. The summed E-state index contributed by atoms with van der Waals surface area (Å²) in [7, 11) is 0. The summed E-state index contributed by atoms with van der Waals surface area (Å²) in [5.74, 6) is 0.142. The van der Waals surface area contributed by atoms with E-state index in [1.165, 1.54) is 0 Å². The number of hydrogen-bond donors (Lipinski definition) is 1. The van der Waals surface area contributed by atoms with Crippen molar-refractivity contribution in [2.45, 2.75) is 26.9 Å². The Balaban J connectivity index is 1.58. The van der Waals surface area contributed by atoms with Gasteiger partial charge in [0.2, 0.25) is 0 Å². The molecule has 1 aromatic heterocycles. The number of carbonyl (C=O) groups excluding carboxylic acids is 2. The summed E-state index contributed by atoms with van der Waals surface area (Å²) in [5.41, 5.74) is 1.92. The SMILES string of the molecule is Cc1cc(NC(=O)COC(=O)c2ccc(OC(C)C)cc2)n(-c2ccccc2)n1. The van der Waals surface area contributed by atoms with Crippen LogP contribution < -0.4 is 10.1 Å². The number of aryl methyl sites for hydroxylation is 1. The summed E-state index contributed by atoms with van der Waals surface area (Å²) >= 11 is 0. The second-order valence-corrected chi connectivity index (χ2v) is 6.73. The summed E-state index contributed by atoms with van der Waals surface area (Å²) in [6.45, 7) is 5.28. The quantitative estimate of drug-likeness (QED) is 0.618. The maximum atomic E-state index is 12.3. The van der Waals surface area contributed by atoms with E-state index in [9.17, 15) is 9.59 Å². The van der Waals surface area contributed by atoms with Crippen LogP contribution in [0, 0.1) is 6.92 Å². The lowest BCUT2D eigenvalue weighted by Gasteiger charge is -2.10. The highest BCUT2D eigenvalue weighted by molar-refractivity contribution is 5.95. The number of rotatable bonds is 7. The molecule has 7 nitrogen and oxygen atoms in total. The lowest BCUT2D eigenvalue weighted by Crippen LogP contribution is -2.22. The molecule has 0 aliphatic rings. The molecule has 0 unspecified atom stereocenters. The Morgan fingerprint density at radius 2 is 1.76 bits per heavy atom. The number of hydrogen-bond acceptors (Lipinski definition) is 5. The maximum Gasteiger partial charge on any atom is 0.338 e. The molecule has 1 N–H and O–H groups in total. The number of nitrogens with one attached hydrogen (secondary N) is 1.